The van der Waals surface area contributed by atoms with Crippen LogP contribution in [0.4, 0.5) is 0 Å². The number of carboxylic acids is 1. The molecule has 0 unspecified atom stereocenters. The standard InChI is InChI=1S/C13H16N2O6S/c1-7-8(6-16)22-12-10(7)11(19)15(5-9(17)18)13(20)14(12)3-4-21-2/h16H,3-6H2,1-2H3,(H,17,18). The first kappa shape index (κ1) is 16.4. The van der Waals surface area contributed by atoms with Gasteiger partial charge in [-0.05, 0) is 12.5 Å². The topological polar surface area (TPSA) is 111 Å². The second kappa shape index (κ2) is 6.42. The number of rotatable bonds is 6. The molecule has 0 atom stereocenters. The number of methoxy groups -OCH3 is 1. The molecule has 0 aliphatic heterocycles. The van der Waals surface area contributed by atoms with E-state index in [0.29, 0.717) is 19.8 Å². The number of nitrogens with zero attached hydrogens (tertiary/aromatic N) is 2. The van der Waals surface area contributed by atoms with Gasteiger partial charge in [-0.3, -0.25) is 14.2 Å². The molecule has 0 bridgehead atoms. The van der Waals surface area contributed by atoms with E-state index in [1.54, 1.807) is 6.92 Å². The van der Waals surface area contributed by atoms with Crippen LogP contribution >= 0.6 is 11.3 Å². The Labute approximate surface area is 128 Å². The number of carboxylic acid groups (broad SMARTS) is 1. The number of hydrogen-bond donors (Lipinski definition) is 2. The number of fused-ring (bicyclic) bond motifs is 1. The summed E-state index contributed by atoms with van der Waals surface area (Å²) in [4.78, 5) is 36.8. The maximum atomic E-state index is 12.4. The van der Waals surface area contributed by atoms with Gasteiger partial charge in [-0.1, -0.05) is 0 Å². The van der Waals surface area contributed by atoms with Gasteiger partial charge in [0.25, 0.3) is 5.56 Å². The third kappa shape index (κ3) is 2.70. The third-order valence-corrected chi connectivity index (χ3v) is 4.65. The summed E-state index contributed by atoms with van der Waals surface area (Å²) in [5.74, 6) is -1.27. The Morgan fingerprint density at radius 1 is 1.32 bits per heavy atom. The number of aliphatic hydroxyl groups excluding tert-OH is 1. The molecule has 0 saturated carbocycles. The molecule has 0 amide bonds. The zero-order valence-electron chi connectivity index (χ0n) is 12.2. The number of hydrogen-bond acceptors (Lipinski definition) is 6. The normalized spacial score (nSPS) is 11.2. The van der Waals surface area contributed by atoms with Crippen molar-refractivity contribution < 1.29 is 19.7 Å². The molecule has 2 rings (SSSR count). The van der Waals surface area contributed by atoms with Crippen molar-refractivity contribution in [2.75, 3.05) is 13.7 Å². The summed E-state index contributed by atoms with van der Waals surface area (Å²) in [6.07, 6.45) is 0. The largest absolute Gasteiger partial charge is 0.480 e. The first-order valence-corrected chi connectivity index (χ1v) is 7.31. The predicted octanol–water partition coefficient (Wildman–Crippen LogP) is -0.244. The highest BCUT2D eigenvalue weighted by molar-refractivity contribution is 7.18. The van der Waals surface area contributed by atoms with Crippen molar-refractivity contribution in [3.63, 3.8) is 0 Å². The highest BCUT2D eigenvalue weighted by Gasteiger charge is 2.20. The maximum absolute atomic E-state index is 12.4. The first-order valence-electron chi connectivity index (χ1n) is 6.49. The molecule has 0 radical (unpaired) electrons. The molecule has 0 aliphatic carbocycles. The van der Waals surface area contributed by atoms with Crippen molar-refractivity contribution in [3.8, 4) is 0 Å². The van der Waals surface area contributed by atoms with Crippen LogP contribution in [0, 0.1) is 6.92 Å². The number of aliphatic carboxylic acids is 1. The average molecular weight is 328 g/mol. The van der Waals surface area contributed by atoms with E-state index in [1.807, 2.05) is 0 Å². The fourth-order valence-corrected chi connectivity index (χ4v) is 3.42. The molecule has 22 heavy (non-hydrogen) atoms. The summed E-state index contributed by atoms with van der Waals surface area (Å²) >= 11 is 1.15. The zero-order valence-corrected chi connectivity index (χ0v) is 13.0. The minimum atomic E-state index is -1.27. The highest BCUT2D eigenvalue weighted by Crippen LogP contribution is 2.27. The number of ether oxygens (including phenoxy) is 1. The average Bonchev–Trinajstić information content (AvgIpc) is 2.80. The fourth-order valence-electron chi connectivity index (χ4n) is 2.25. The molecule has 0 aromatic carbocycles. The van der Waals surface area contributed by atoms with E-state index in [2.05, 4.69) is 0 Å². The SMILES string of the molecule is COCCn1c(=O)n(CC(=O)O)c(=O)c2c(C)c(CO)sc21. The van der Waals surface area contributed by atoms with Crippen LogP contribution in [0.25, 0.3) is 10.2 Å². The van der Waals surface area contributed by atoms with Gasteiger partial charge in [0.05, 0.1) is 25.1 Å². The predicted molar refractivity (Wildman–Crippen MR) is 80.5 cm³/mol. The molecule has 0 aliphatic rings. The molecule has 0 fully saturated rings. The van der Waals surface area contributed by atoms with Crippen LogP contribution in [0.2, 0.25) is 0 Å². The number of aryl methyl sites for hydroxylation is 1. The molecule has 2 aromatic rings. The van der Waals surface area contributed by atoms with Crippen molar-refractivity contribution in [1.82, 2.24) is 9.13 Å². The Balaban J connectivity index is 2.86. The van der Waals surface area contributed by atoms with Crippen LogP contribution in [-0.4, -0.2) is 39.0 Å². The molecule has 120 valence electrons. The van der Waals surface area contributed by atoms with Crippen molar-refractivity contribution in [2.45, 2.75) is 26.6 Å². The Morgan fingerprint density at radius 3 is 2.55 bits per heavy atom. The summed E-state index contributed by atoms with van der Waals surface area (Å²) in [7, 11) is 1.48. The summed E-state index contributed by atoms with van der Waals surface area (Å²) in [5.41, 5.74) is -0.773. The number of aliphatic hydroxyl groups is 1. The molecule has 9 heteroatoms. The molecule has 2 N–H and O–H groups in total. The highest BCUT2D eigenvalue weighted by atomic mass is 32.1. The number of aromatic nitrogens is 2. The lowest BCUT2D eigenvalue weighted by molar-refractivity contribution is -0.137. The fraction of sp³-hybridized carbons (Fsp3) is 0.462. The minimum absolute atomic E-state index is 0.191. The summed E-state index contributed by atoms with van der Waals surface area (Å²) < 4.78 is 6.97. The minimum Gasteiger partial charge on any atom is -0.480 e. The van der Waals surface area contributed by atoms with Gasteiger partial charge < -0.3 is 14.9 Å². The van der Waals surface area contributed by atoms with Gasteiger partial charge in [-0.2, -0.15) is 0 Å². The quantitative estimate of drug-likeness (QED) is 0.757. The number of thiophene rings is 1. The molecule has 0 spiro atoms. The van der Waals surface area contributed by atoms with E-state index < -0.39 is 23.8 Å². The Morgan fingerprint density at radius 2 is 2.00 bits per heavy atom. The van der Waals surface area contributed by atoms with Gasteiger partial charge >= 0.3 is 11.7 Å². The molecular weight excluding hydrogens is 312 g/mol. The lowest BCUT2D eigenvalue weighted by Crippen LogP contribution is -2.41. The van der Waals surface area contributed by atoms with Crippen LogP contribution in [-0.2, 0) is 29.2 Å². The molecule has 0 saturated heterocycles. The van der Waals surface area contributed by atoms with E-state index in [1.165, 1.54) is 11.7 Å². The Kier molecular flexibility index (Phi) is 4.79. The van der Waals surface area contributed by atoms with E-state index in [9.17, 15) is 19.5 Å². The summed E-state index contributed by atoms with van der Waals surface area (Å²) in [6, 6.07) is 0. The molecular formula is C13H16N2O6S. The molecule has 8 nitrogen and oxygen atoms in total. The Hall–Kier alpha value is -1.97. The van der Waals surface area contributed by atoms with Gasteiger partial charge in [0.1, 0.15) is 11.4 Å². The van der Waals surface area contributed by atoms with Crippen LogP contribution < -0.4 is 11.2 Å². The van der Waals surface area contributed by atoms with Crippen LogP contribution in [0.5, 0.6) is 0 Å². The van der Waals surface area contributed by atoms with E-state index >= 15 is 0 Å². The van der Waals surface area contributed by atoms with Crippen molar-refractivity contribution in [2.24, 2.45) is 0 Å². The van der Waals surface area contributed by atoms with Crippen molar-refractivity contribution in [1.29, 1.82) is 0 Å². The van der Waals surface area contributed by atoms with Crippen molar-refractivity contribution in [3.05, 3.63) is 31.3 Å². The van der Waals surface area contributed by atoms with Crippen LogP contribution in [0.3, 0.4) is 0 Å². The molecule has 2 aromatic heterocycles. The maximum Gasteiger partial charge on any atom is 0.332 e. The summed E-state index contributed by atoms with van der Waals surface area (Å²) in [6.45, 7) is 1.15. The van der Waals surface area contributed by atoms with E-state index in [-0.39, 0.29) is 25.1 Å². The lowest BCUT2D eigenvalue weighted by atomic mass is 10.2. The van der Waals surface area contributed by atoms with E-state index in [0.717, 1.165) is 11.3 Å². The van der Waals surface area contributed by atoms with Gasteiger partial charge in [-0.15, -0.1) is 11.3 Å². The van der Waals surface area contributed by atoms with Gasteiger partial charge in [-0.25, -0.2) is 9.36 Å². The first-order chi connectivity index (χ1) is 10.4. The summed E-state index contributed by atoms with van der Waals surface area (Å²) in [5, 5.41) is 18.5. The zero-order chi connectivity index (χ0) is 16.4. The van der Waals surface area contributed by atoms with Crippen LogP contribution in [0.1, 0.15) is 10.4 Å². The van der Waals surface area contributed by atoms with Gasteiger partial charge in [0.2, 0.25) is 0 Å². The van der Waals surface area contributed by atoms with E-state index in [4.69, 9.17) is 9.84 Å². The molecule has 2 heterocycles. The second-order valence-electron chi connectivity index (χ2n) is 4.70. The van der Waals surface area contributed by atoms with Crippen LogP contribution in [0.15, 0.2) is 9.59 Å². The Bertz CT molecular complexity index is 832. The third-order valence-electron chi connectivity index (χ3n) is 3.35. The lowest BCUT2D eigenvalue weighted by Gasteiger charge is -2.10. The van der Waals surface area contributed by atoms with Gasteiger partial charge in [0, 0.05) is 12.0 Å². The number of carbonyl (C=O) groups is 1. The second-order valence-corrected chi connectivity index (χ2v) is 5.78. The smallest absolute Gasteiger partial charge is 0.332 e. The van der Waals surface area contributed by atoms with Crippen molar-refractivity contribution >= 4 is 27.5 Å². The monoisotopic (exact) mass is 328 g/mol. The van der Waals surface area contributed by atoms with Gasteiger partial charge in [0.15, 0.2) is 0 Å².